The van der Waals surface area contributed by atoms with Crippen LogP contribution in [0.15, 0.2) is 24.3 Å². The van der Waals surface area contributed by atoms with Gasteiger partial charge in [-0.2, -0.15) is 0 Å². The predicted octanol–water partition coefficient (Wildman–Crippen LogP) is 2.95. The standard InChI is InChI=1S/C20H36O4/c1-15(2)16-7-12-18(3,22)10-6-11-19(4,23)13-9-17(21)20(5,24)14-8-16/h6-7,11-12,15-17,21-24H,8-10,13-14H2,1-5H3/b11-6+,12-7+/t16-,17+,18-,19+,20+/m0/s1. The van der Waals surface area contributed by atoms with Gasteiger partial charge in [-0.3, -0.25) is 0 Å². The fourth-order valence-corrected chi connectivity index (χ4v) is 3.05. The molecule has 0 heterocycles. The van der Waals surface area contributed by atoms with E-state index in [9.17, 15) is 20.4 Å². The van der Waals surface area contributed by atoms with Crippen LogP contribution in [0.4, 0.5) is 0 Å². The van der Waals surface area contributed by atoms with E-state index in [1.807, 2.05) is 12.2 Å². The Balaban J connectivity index is 3.06. The first-order chi connectivity index (χ1) is 10.8. The predicted molar refractivity (Wildman–Crippen MR) is 97.6 cm³/mol. The zero-order valence-electron chi connectivity index (χ0n) is 15.9. The molecule has 24 heavy (non-hydrogen) atoms. The van der Waals surface area contributed by atoms with Gasteiger partial charge >= 0.3 is 0 Å². The van der Waals surface area contributed by atoms with E-state index in [4.69, 9.17) is 0 Å². The zero-order valence-corrected chi connectivity index (χ0v) is 15.9. The van der Waals surface area contributed by atoms with Crippen LogP contribution in [0.2, 0.25) is 0 Å². The van der Waals surface area contributed by atoms with E-state index in [-0.39, 0.29) is 5.92 Å². The second-order valence-corrected chi connectivity index (χ2v) is 8.54. The van der Waals surface area contributed by atoms with Gasteiger partial charge in [0.1, 0.15) is 0 Å². The minimum absolute atomic E-state index is 0.227. The molecule has 0 saturated heterocycles. The summed E-state index contributed by atoms with van der Waals surface area (Å²) in [5, 5.41) is 41.8. The van der Waals surface area contributed by atoms with Crippen LogP contribution in [-0.4, -0.2) is 43.3 Å². The molecule has 0 spiro atoms. The normalized spacial score (nSPS) is 45.6. The molecule has 0 aromatic rings. The van der Waals surface area contributed by atoms with Gasteiger partial charge < -0.3 is 20.4 Å². The molecule has 140 valence electrons. The Labute approximate surface area is 146 Å². The number of allylic oxidation sites excluding steroid dienone is 1. The van der Waals surface area contributed by atoms with Crippen LogP contribution in [0.3, 0.4) is 0 Å². The van der Waals surface area contributed by atoms with Gasteiger partial charge in [-0.15, -0.1) is 0 Å². The van der Waals surface area contributed by atoms with Gasteiger partial charge in [0.15, 0.2) is 0 Å². The molecule has 4 heteroatoms. The lowest BCUT2D eigenvalue weighted by Crippen LogP contribution is -2.41. The van der Waals surface area contributed by atoms with E-state index in [1.54, 1.807) is 32.9 Å². The maximum Gasteiger partial charge on any atom is 0.0877 e. The van der Waals surface area contributed by atoms with Gasteiger partial charge in [0.2, 0.25) is 0 Å². The zero-order chi connectivity index (χ0) is 18.6. The molecule has 0 radical (unpaired) electrons. The summed E-state index contributed by atoms with van der Waals surface area (Å²) >= 11 is 0. The lowest BCUT2D eigenvalue weighted by atomic mass is 9.81. The van der Waals surface area contributed by atoms with Crippen LogP contribution >= 0.6 is 0 Å². The first kappa shape index (κ1) is 21.4. The molecule has 0 saturated carbocycles. The molecule has 1 aliphatic rings. The van der Waals surface area contributed by atoms with Crippen LogP contribution in [-0.2, 0) is 0 Å². The van der Waals surface area contributed by atoms with Crippen LogP contribution < -0.4 is 0 Å². The highest BCUT2D eigenvalue weighted by Crippen LogP contribution is 2.30. The van der Waals surface area contributed by atoms with E-state index in [1.165, 1.54) is 0 Å². The topological polar surface area (TPSA) is 80.9 Å². The fraction of sp³-hybridized carbons (Fsp3) is 0.800. The number of rotatable bonds is 1. The summed E-state index contributed by atoms with van der Waals surface area (Å²) < 4.78 is 0. The molecule has 0 bridgehead atoms. The smallest absolute Gasteiger partial charge is 0.0877 e. The number of hydrogen-bond donors (Lipinski definition) is 4. The Kier molecular flexibility index (Phi) is 7.24. The van der Waals surface area contributed by atoms with Crippen molar-refractivity contribution in [3.8, 4) is 0 Å². The first-order valence-corrected chi connectivity index (χ1v) is 9.07. The highest BCUT2D eigenvalue weighted by atomic mass is 16.3. The lowest BCUT2D eigenvalue weighted by Gasteiger charge is -2.33. The van der Waals surface area contributed by atoms with E-state index >= 15 is 0 Å². The minimum Gasteiger partial charge on any atom is -0.390 e. The third-order valence-corrected chi connectivity index (χ3v) is 5.19. The summed E-state index contributed by atoms with van der Waals surface area (Å²) in [5.41, 5.74) is -3.22. The average molecular weight is 341 g/mol. The van der Waals surface area contributed by atoms with Crippen molar-refractivity contribution in [3.05, 3.63) is 24.3 Å². The number of aliphatic hydroxyl groups excluding tert-OH is 1. The molecule has 0 fully saturated rings. The molecule has 5 atom stereocenters. The lowest BCUT2D eigenvalue weighted by molar-refractivity contribution is -0.0793. The Morgan fingerprint density at radius 2 is 1.54 bits per heavy atom. The largest absolute Gasteiger partial charge is 0.390 e. The van der Waals surface area contributed by atoms with Gasteiger partial charge in [0.05, 0.1) is 22.9 Å². The van der Waals surface area contributed by atoms with Crippen molar-refractivity contribution < 1.29 is 20.4 Å². The van der Waals surface area contributed by atoms with Crippen molar-refractivity contribution in [2.45, 2.75) is 89.6 Å². The Morgan fingerprint density at radius 1 is 0.917 bits per heavy atom. The molecule has 0 unspecified atom stereocenters. The molecular formula is C20H36O4. The molecule has 1 aliphatic carbocycles. The molecular weight excluding hydrogens is 304 g/mol. The Hall–Kier alpha value is -0.680. The van der Waals surface area contributed by atoms with Crippen molar-refractivity contribution in [1.29, 1.82) is 0 Å². The SMILES string of the molecule is CC(C)[C@H]1/C=C/[C@@](C)(O)C/C=C/[C@@](C)(O)CC[C@@H](O)[C@](C)(O)CC1. The van der Waals surface area contributed by atoms with E-state index in [0.29, 0.717) is 31.6 Å². The van der Waals surface area contributed by atoms with Crippen molar-refractivity contribution in [1.82, 2.24) is 0 Å². The van der Waals surface area contributed by atoms with E-state index in [0.717, 1.165) is 6.42 Å². The molecule has 0 aromatic heterocycles. The molecule has 0 amide bonds. The third-order valence-electron chi connectivity index (χ3n) is 5.19. The van der Waals surface area contributed by atoms with Gasteiger partial charge in [-0.25, -0.2) is 0 Å². The molecule has 1 rings (SSSR count). The second kappa shape index (κ2) is 8.13. The van der Waals surface area contributed by atoms with E-state index < -0.39 is 22.9 Å². The summed E-state index contributed by atoms with van der Waals surface area (Å²) in [6, 6.07) is 0. The van der Waals surface area contributed by atoms with Crippen LogP contribution in [0.5, 0.6) is 0 Å². The van der Waals surface area contributed by atoms with Crippen LogP contribution in [0, 0.1) is 11.8 Å². The summed E-state index contributed by atoms with van der Waals surface area (Å²) in [4.78, 5) is 0. The maximum atomic E-state index is 10.6. The van der Waals surface area contributed by atoms with Gasteiger partial charge in [-0.1, -0.05) is 38.2 Å². The maximum absolute atomic E-state index is 10.6. The minimum atomic E-state index is -1.19. The molecule has 4 N–H and O–H groups in total. The second-order valence-electron chi connectivity index (χ2n) is 8.54. The summed E-state index contributed by atoms with van der Waals surface area (Å²) in [5.74, 6) is 0.611. The van der Waals surface area contributed by atoms with Crippen LogP contribution in [0.25, 0.3) is 0 Å². The van der Waals surface area contributed by atoms with E-state index in [2.05, 4.69) is 13.8 Å². The van der Waals surface area contributed by atoms with Crippen molar-refractivity contribution in [3.63, 3.8) is 0 Å². The fourth-order valence-electron chi connectivity index (χ4n) is 3.05. The number of hydrogen-bond acceptors (Lipinski definition) is 4. The molecule has 0 aliphatic heterocycles. The quantitative estimate of drug-likeness (QED) is 0.553. The third kappa shape index (κ3) is 7.06. The summed E-state index contributed by atoms with van der Waals surface area (Å²) in [6.07, 6.45) is 8.72. The van der Waals surface area contributed by atoms with Gasteiger partial charge in [-0.05, 0) is 64.7 Å². The average Bonchev–Trinajstić information content (AvgIpc) is 2.42. The van der Waals surface area contributed by atoms with Crippen LogP contribution in [0.1, 0.15) is 66.7 Å². The molecule has 0 aromatic carbocycles. The Bertz CT molecular complexity index is 447. The van der Waals surface area contributed by atoms with Crippen molar-refractivity contribution in [2.24, 2.45) is 11.8 Å². The van der Waals surface area contributed by atoms with Crippen molar-refractivity contribution >= 4 is 0 Å². The molecule has 4 nitrogen and oxygen atoms in total. The number of aliphatic hydroxyl groups is 4. The Morgan fingerprint density at radius 3 is 2.12 bits per heavy atom. The first-order valence-electron chi connectivity index (χ1n) is 9.07. The monoisotopic (exact) mass is 340 g/mol. The summed E-state index contributed by atoms with van der Waals surface area (Å²) in [7, 11) is 0. The highest BCUT2D eigenvalue weighted by molar-refractivity contribution is 5.08. The van der Waals surface area contributed by atoms with Crippen molar-refractivity contribution in [2.75, 3.05) is 0 Å². The van der Waals surface area contributed by atoms with Gasteiger partial charge in [0, 0.05) is 0 Å². The highest BCUT2D eigenvalue weighted by Gasteiger charge is 2.33. The van der Waals surface area contributed by atoms with Gasteiger partial charge in [0.25, 0.3) is 0 Å². The summed E-state index contributed by atoms with van der Waals surface area (Å²) in [6.45, 7) is 9.33.